The van der Waals surface area contributed by atoms with Crippen molar-refractivity contribution in [2.24, 2.45) is 13.0 Å². The zero-order valence-electron chi connectivity index (χ0n) is 15.3. The van der Waals surface area contributed by atoms with Crippen LogP contribution in [-0.2, 0) is 11.8 Å². The van der Waals surface area contributed by atoms with Gasteiger partial charge in [0.1, 0.15) is 5.65 Å². The Morgan fingerprint density at radius 2 is 2.19 bits per heavy atom. The molecule has 2 N–H and O–H groups in total. The van der Waals surface area contributed by atoms with Gasteiger partial charge < -0.3 is 14.7 Å². The average Bonchev–Trinajstić information content (AvgIpc) is 3.08. The van der Waals surface area contributed by atoms with Crippen LogP contribution in [0, 0.1) is 12.8 Å². The summed E-state index contributed by atoms with van der Waals surface area (Å²) in [5.74, 6) is -0.167. The van der Waals surface area contributed by atoms with E-state index in [-0.39, 0.29) is 47.2 Å². The van der Waals surface area contributed by atoms with Gasteiger partial charge >= 0.3 is 5.69 Å². The zero-order valence-corrected chi connectivity index (χ0v) is 15.3. The number of carbonyl (C=O) groups is 1. The number of aromatic nitrogens is 3. The minimum atomic E-state index is -0.617. The number of aromatic amines is 1. The molecule has 2 fully saturated rings. The third-order valence-corrected chi connectivity index (χ3v) is 5.58. The molecule has 0 spiro atoms. The number of aliphatic hydroxyl groups excluding tert-OH is 1. The van der Waals surface area contributed by atoms with E-state index < -0.39 is 11.2 Å². The Hall–Kier alpha value is -2.52. The van der Waals surface area contributed by atoms with Crippen LogP contribution in [0.5, 0.6) is 0 Å². The molecule has 1 amide bonds. The highest BCUT2D eigenvalue weighted by atomic mass is 16.5. The normalized spacial score (nSPS) is 25.0. The van der Waals surface area contributed by atoms with Crippen molar-refractivity contribution in [3.05, 3.63) is 38.2 Å². The van der Waals surface area contributed by atoms with E-state index in [2.05, 4.69) is 9.97 Å². The SMILES string of the molecule is Cc1cc(C(=O)N2CCOC3C[C@H](CO)C[C@@H]32)c2c(=O)[nH]c(=O)n(C)c2n1. The van der Waals surface area contributed by atoms with Crippen molar-refractivity contribution in [2.75, 3.05) is 19.8 Å². The molecule has 4 rings (SSSR count). The lowest BCUT2D eigenvalue weighted by molar-refractivity contribution is -0.0448. The number of nitrogens with one attached hydrogen (secondary N) is 1. The molecular weight excluding hydrogens is 352 g/mol. The summed E-state index contributed by atoms with van der Waals surface area (Å²) in [7, 11) is 1.51. The monoisotopic (exact) mass is 374 g/mol. The van der Waals surface area contributed by atoms with Crippen LogP contribution in [0.3, 0.4) is 0 Å². The fourth-order valence-corrected chi connectivity index (χ4v) is 4.24. The number of H-pyrrole nitrogens is 1. The lowest BCUT2D eigenvalue weighted by Gasteiger charge is -2.37. The molecule has 0 bridgehead atoms. The summed E-state index contributed by atoms with van der Waals surface area (Å²) in [5.41, 5.74) is -0.208. The van der Waals surface area contributed by atoms with Gasteiger partial charge in [0.05, 0.1) is 29.7 Å². The highest BCUT2D eigenvalue weighted by molar-refractivity contribution is 6.05. The van der Waals surface area contributed by atoms with E-state index in [1.54, 1.807) is 17.9 Å². The van der Waals surface area contributed by atoms with Crippen LogP contribution in [0.25, 0.3) is 11.0 Å². The van der Waals surface area contributed by atoms with Gasteiger partial charge in [-0.3, -0.25) is 19.1 Å². The standard InChI is InChI=1S/C18H22N4O5/c1-9-5-11(14-15(19-9)21(2)18(26)20-16(14)24)17(25)22-3-4-27-13-7-10(8-23)6-12(13)22/h5,10,12-13,23H,3-4,6-8H2,1-2H3,(H,20,24,26)/t10-,12+,13?/m1/s1. The van der Waals surface area contributed by atoms with Crippen molar-refractivity contribution < 1.29 is 14.6 Å². The molecule has 3 atom stereocenters. The number of ether oxygens (including phenoxy) is 1. The van der Waals surface area contributed by atoms with Crippen LogP contribution in [-0.4, -0.2) is 62.4 Å². The first-order valence-corrected chi connectivity index (χ1v) is 9.04. The third-order valence-electron chi connectivity index (χ3n) is 5.58. The van der Waals surface area contributed by atoms with Crippen molar-refractivity contribution in [2.45, 2.75) is 31.9 Å². The second kappa shape index (κ2) is 6.58. The van der Waals surface area contributed by atoms with Gasteiger partial charge in [-0.2, -0.15) is 0 Å². The molecule has 9 nitrogen and oxygen atoms in total. The highest BCUT2D eigenvalue weighted by Gasteiger charge is 2.43. The molecule has 1 saturated carbocycles. The number of carbonyl (C=O) groups excluding carboxylic acids is 1. The number of aryl methyl sites for hydroxylation is 2. The topological polar surface area (TPSA) is 118 Å². The quantitative estimate of drug-likeness (QED) is 0.735. The smallest absolute Gasteiger partial charge is 0.329 e. The van der Waals surface area contributed by atoms with Gasteiger partial charge in [-0.25, -0.2) is 9.78 Å². The first-order chi connectivity index (χ1) is 12.9. The molecule has 2 aliphatic rings. The third kappa shape index (κ3) is 2.87. The van der Waals surface area contributed by atoms with E-state index in [4.69, 9.17) is 4.74 Å². The number of nitrogens with zero attached hydrogens (tertiary/aromatic N) is 3. The van der Waals surface area contributed by atoms with E-state index in [1.807, 2.05) is 0 Å². The van der Waals surface area contributed by atoms with Crippen molar-refractivity contribution >= 4 is 16.9 Å². The molecule has 1 aliphatic carbocycles. The highest BCUT2D eigenvalue weighted by Crippen LogP contribution is 2.35. The predicted molar refractivity (Wildman–Crippen MR) is 96.7 cm³/mol. The Morgan fingerprint density at radius 3 is 2.93 bits per heavy atom. The number of hydrogen-bond donors (Lipinski definition) is 2. The van der Waals surface area contributed by atoms with Crippen molar-refractivity contribution in [1.29, 1.82) is 0 Å². The number of hydrogen-bond acceptors (Lipinski definition) is 6. The summed E-state index contributed by atoms with van der Waals surface area (Å²) in [6, 6.07) is 1.46. The van der Waals surface area contributed by atoms with Gasteiger partial charge in [0.15, 0.2) is 0 Å². The maximum atomic E-state index is 13.4. The minimum Gasteiger partial charge on any atom is -0.396 e. The molecule has 2 aromatic rings. The molecular formula is C18H22N4O5. The molecule has 3 heterocycles. The maximum absolute atomic E-state index is 13.4. The first kappa shape index (κ1) is 17.9. The molecule has 1 aliphatic heterocycles. The minimum absolute atomic E-state index is 0.0669. The second-order valence-corrected chi connectivity index (χ2v) is 7.32. The molecule has 144 valence electrons. The van der Waals surface area contributed by atoms with Crippen molar-refractivity contribution in [3.63, 3.8) is 0 Å². The van der Waals surface area contributed by atoms with E-state index in [0.29, 0.717) is 25.3 Å². The van der Waals surface area contributed by atoms with E-state index in [0.717, 1.165) is 6.42 Å². The Kier molecular flexibility index (Phi) is 4.35. The molecule has 27 heavy (non-hydrogen) atoms. The van der Waals surface area contributed by atoms with Crippen LogP contribution in [0.4, 0.5) is 0 Å². The number of fused-ring (bicyclic) bond motifs is 2. The van der Waals surface area contributed by atoms with Crippen LogP contribution < -0.4 is 11.2 Å². The fourth-order valence-electron chi connectivity index (χ4n) is 4.24. The molecule has 0 radical (unpaired) electrons. The lowest BCUT2D eigenvalue weighted by Crippen LogP contribution is -2.51. The summed E-state index contributed by atoms with van der Waals surface area (Å²) < 4.78 is 7.03. The van der Waals surface area contributed by atoms with Crippen LogP contribution >= 0.6 is 0 Å². The maximum Gasteiger partial charge on any atom is 0.329 e. The number of morpholine rings is 1. The molecule has 0 aromatic carbocycles. The summed E-state index contributed by atoms with van der Waals surface area (Å²) in [4.78, 5) is 46.0. The van der Waals surface area contributed by atoms with Crippen molar-refractivity contribution in [3.8, 4) is 0 Å². The lowest BCUT2D eigenvalue weighted by atomic mass is 10.1. The van der Waals surface area contributed by atoms with Gasteiger partial charge in [0, 0.05) is 25.9 Å². The Morgan fingerprint density at radius 1 is 1.41 bits per heavy atom. The van der Waals surface area contributed by atoms with E-state index in [9.17, 15) is 19.5 Å². The molecule has 1 saturated heterocycles. The summed E-state index contributed by atoms with van der Waals surface area (Å²) >= 11 is 0. The van der Waals surface area contributed by atoms with Gasteiger partial charge in [-0.15, -0.1) is 0 Å². The Bertz CT molecular complexity index is 1030. The Labute approximate surface area is 154 Å². The second-order valence-electron chi connectivity index (χ2n) is 7.32. The summed E-state index contributed by atoms with van der Waals surface area (Å²) in [6.07, 6.45) is 1.29. The number of aliphatic hydroxyl groups is 1. The summed E-state index contributed by atoms with van der Waals surface area (Å²) in [6.45, 7) is 2.63. The van der Waals surface area contributed by atoms with Gasteiger partial charge in [0.25, 0.3) is 11.5 Å². The predicted octanol–water partition coefficient (Wildman–Crippen LogP) is -0.458. The molecule has 1 unspecified atom stereocenters. The largest absolute Gasteiger partial charge is 0.396 e. The van der Waals surface area contributed by atoms with Crippen LogP contribution in [0.2, 0.25) is 0 Å². The molecule has 9 heteroatoms. The van der Waals surface area contributed by atoms with Crippen molar-refractivity contribution in [1.82, 2.24) is 19.4 Å². The van der Waals surface area contributed by atoms with Gasteiger partial charge in [-0.05, 0) is 31.7 Å². The number of amides is 1. The first-order valence-electron chi connectivity index (χ1n) is 9.04. The Balaban J connectivity index is 1.82. The number of pyridine rings is 1. The van der Waals surface area contributed by atoms with Crippen LogP contribution in [0.1, 0.15) is 28.9 Å². The van der Waals surface area contributed by atoms with E-state index in [1.165, 1.54) is 11.6 Å². The van der Waals surface area contributed by atoms with Crippen LogP contribution in [0.15, 0.2) is 15.7 Å². The van der Waals surface area contributed by atoms with E-state index >= 15 is 0 Å². The van der Waals surface area contributed by atoms with Gasteiger partial charge in [-0.1, -0.05) is 0 Å². The fraction of sp³-hybridized carbons (Fsp3) is 0.556. The molecule has 2 aromatic heterocycles. The summed E-state index contributed by atoms with van der Waals surface area (Å²) in [5, 5.41) is 9.60. The zero-order chi connectivity index (χ0) is 19.3. The number of rotatable bonds is 2. The van der Waals surface area contributed by atoms with Gasteiger partial charge in [0.2, 0.25) is 0 Å². The average molecular weight is 374 g/mol.